The smallest absolute Gasteiger partial charge is 0.331 e. The molecule has 0 spiro atoms. The minimum atomic E-state index is -0.824. The van der Waals surface area contributed by atoms with Crippen molar-refractivity contribution in [1.29, 1.82) is 0 Å². The van der Waals surface area contributed by atoms with Crippen molar-refractivity contribution in [3.8, 4) is 0 Å². The molecule has 0 heterocycles. The highest BCUT2D eigenvalue weighted by molar-refractivity contribution is 5.85. The van der Waals surface area contributed by atoms with E-state index in [0.29, 0.717) is 5.69 Å². The van der Waals surface area contributed by atoms with Crippen LogP contribution in [0, 0.1) is 11.2 Å². The van der Waals surface area contributed by atoms with Gasteiger partial charge < -0.3 is 10.1 Å². The predicted molar refractivity (Wildman–Crippen MR) is 67.8 cm³/mol. The zero-order valence-corrected chi connectivity index (χ0v) is 10.9. The number of carbonyl (C=O) groups excluding carboxylic acids is 1. The van der Waals surface area contributed by atoms with Gasteiger partial charge >= 0.3 is 5.97 Å². The van der Waals surface area contributed by atoms with Gasteiger partial charge in [-0.05, 0) is 38.0 Å². The number of halogens is 1. The molecule has 0 aromatic heterocycles. The van der Waals surface area contributed by atoms with Crippen LogP contribution in [0.1, 0.15) is 26.7 Å². The molecule has 1 aromatic carbocycles. The Labute approximate surface area is 106 Å². The average Bonchev–Trinajstić information content (AvgIpc) is 3.07. The van der Waals surface area contributed by atoms with Crippen LogP contribution in [0.5, 0.6) is 0 Å². The molecule has 1 aromatic rings. The summed E-state index contributed by atoms with van der Waals surface area (Å²) in [5.74, 6) is -0.639. The van der Waals surface area contributed by atoms with E-state index in [2.05, 4.69) is 5.32 Å². The van der Waals surface area contributed by atoms with E-state index in [1.807, 2.05) is 13.8 Å². The fraction of sp³-hybridized carbons (Fsp3) is 0.500. The minimum Gasteiger partial charge on any atom is -0.467 e. The normalized spacial score (nSPS) is 19.8. The molecule has 18 heavy (non-hydrogen) atoms. The summed E-state index contributed by atoms with van der Waals surface area (Å²) in [5.41, 5.74) is -0.363. The van der Waals surface area contributed by atoms with Gasteiger partial charge in [-0.3, -0.25) is 0 Å². The van der Waals surface area contributed by atoms with Crippen molar-refractivity contribution < 1.29 is 13.9 Å². The third kappa shape index (κ3) is 2.07. The summed E-state index contributed by atoms with van der Waals surface area (Å²) < 4.78 is 18.1. The zero-order chi connectivity index (χ0) is 13.4. The number of methoxy groups -OCH3 is 1. The summed E-state index contributed by atoms with van der Waals surface area (Å²) in [6.45, 7) is 3.85. The summed E-state index contributed by atoms with van der Waals surface area (Å²) in [6.07, 6.45) is 1.92. The van der Waals surface area contributed by atoms with E-state index in [9.17, 15) is 9.18 Å². The number of anilines is 1. The highest BCUT2D eigenvalue weighted by Crippen LogP contribution is 2.55. The second kappa shape index (κ2) is 4.26. The molecular formula is C14H18FNO2. The number of esters is 1. The Kier molecular flexibility index (Phi) is 3.05. The van der Waals surface area contributed by atoms with Gasteiger partial charge in [-0.15, -0.1) is 0 Å². The van der Waals surface area contributed by atoms with Gasteiger partial charge in [0.25, 0.3) is 0 Å². The SMILES string of the molecule is COC(=O)C(C)(Nc1cccc(F)c1)C1(C)CC1. The number of benzene rings is 1. The van der Waals surface area contributed by atoms with Crippen molar-refractivity contribution in [2.24, 2.45) is 5.41 Å². The molecule has 4 heteroatoms. The van der Waals surface area contributed by atoms with E-state index >= 15 is 0 Å². The number of nitrogens with one attached hydrogen (secondary N) is 1. The number of hydrogen-bond donors (Lipinski definition) is 1. The predicted octanol–water partition coefficient (Wildman–Crippen LogP) is 2.97. The van der Waals surface area contributed by atoms with Gasteiger partial charge in [0.2, 0.25) is 0 Å². The van der Waals surface area contributed by atoms with E-state index in [1.54, 1.807) is 12.1 Å². The minimum absolute atomic E-state index is 0.133. The van der Waals surface area contributed by atoms with Crippen LogP contribution in [0.2, 0.25) is 0 Å². The molecule has 1 aliphatic rings. The van der Waals surface area contributed by atoms with Gasteiger partial charge in [-0.1, -0.05) is 13.0 Å². The van der Waals surface area contributed by atoms with Crippen LogP contribution < -0.4 is 5.32 Å². The van der Waals surface area contributed by atoms with E-state index in [1.165, 1.54) is 19.2 Å². The highest BCUT2D eigenvalue weighted by Gasteiger charge is 2.58. The largest absolute Gasteiger partial charge is 0.467 e. The summed E-state index contributed by atoms with van der Waals surface area (Å²) in [4.78, 5) is 12.0. The maximum absolute atomic E-state index is 13.2. The van der Waals surface area contributed by atoms with Gasteiger partial charge in [-0.2, -0.15) is 0 Å². The Balaban J connectivity index is 2.29. The Bertz CT molecular complexity index is 471. The van der Waals surface area contributed by atoms with Gasteiger partial charge in [0.15, 0.2) is 0 Å². The summed E-state index contributed by atoms with van der Waals surface area (Å²) >= 11 is 0. The van der Waals surface area contributed by atoms with Crippen molar-refractivity contribution in [2.75, 3.05) is 12.4 Å². The molecule has 0 aliphatic heterocycles. The zero-order valence-electron chi connectivity index (χ0n) is 10.9. The van der Waals surface area contributed by atoms with Crippen LogP contribution in [-0.2, 0) is 9.53 Å². The van der Waals surface area contributed by atoms with Crippen molar-refractivity contribution in [3.63, 3.8) is 0 Å². The topological polar surface area (TPSA) is 38.3 Å². The fourth-order valence-electron chi connectivity index (χ4n) is 2.19. The molecule has 0 amide bonds. The quantitative estimate of drug-likeness (QED) is 0.836. The van der Waals surface area contributed by atoms with Gasteiger partial charge in [-0.25, -0.2) is 9.18 Å². The van der Waals surface area contributed by atoms with E-state index in [0.717, 1.165) is 12.8 Å². The first-order valence-electron chi connectivity index (χ1n) is 6.03. The molecule has 3 nitrogen and oxygen atoms in total. The molecule has 1 atom stereocenters. The summed E-state index contributed by atoms with van der Waals surface area (Å²) in [7, 11) is 1.37. The maximum Gasteiger partial charge on any atom is 0.331 e. The standard InChI is InChI=1S/C14H18FNO2/c1-13(7-8-13)14(2,12(17)18-3)16-11-6-4-5-10(15)9-11/h4-6,9,16H,7-8H2,1-3H3. The van der Waals surface area contributed by atoms with Crippen LogP contribution >= 0.6 is 0 Å². The van der Waals surface area contributed by atoms with Crippen molar-refractivity contribution in [1.82, 2.24) is 0 Å². The molecule has 2 rings (SSSR count). The van der Waals surface area contributed by atoms with Crippen LogP contribution in [0.4, 0.5) is 10.1 Å². The lowest BCUT2D eigenvalue weighted by atomic mass is 9.83. The van der Waals surface area contributed by atoms with E-state index in [4.69, 9.17) is 4.74 Å². The molecule has 1 fully saturated rings. The molecule has 98 valence electrons. The van der Waals surface area contributed by atoms with Crippen molar-refractivity contribution >= 4 is 11.7 Å². The molecule has 1 unspecified atom stereocenters. The summed E-state index contributed by atoms with van der Waals surface area (Å²) in [5, 5.41) is 3.13. The van der Waals surface area contributed by atoms with Gasteiger partial charge in [0, 0.05) is 11.1 Å². The van der Waals surface area contributed by atoms with E-state index in [-0.39, 0.29) is 17.2 Å². The Morgan fingerprint density at radius 3 is 2.67 bits per heavy atom. The molecular weight excluding hydrogens is 233 g/mol. The van der Waals surface area contributed by atoms with Crippen molar-refractivity contribution in [3.05, 3.63) is 30.1 Å². The lowest BCUT2D eigenvalue weighted by molar-refractivity contribution is -0.147. The molecule has 0 radical (unpaired) electrons. The first-order valence-corrected chi connectivity index (χ1v) is 6.03. The second-order valence-corrected chi connectivity index (χ2v) is 5.31. The lowest BCUT2D eigenvalue weighted by Gasteiger charge is -2.35. The third-order valence-corrected chi connectivity index (χ3v) is 4.02. The van der Waals surface area contributed by atoms with Crippen molar-refractivity contribution in [2.45, 2.75) is 32.2 Å². The molecule has 0 bridgehead atoms. The van der Waals surface area contributed by atoms with E-state index < -0.39 is 5.54 Å². The van der Waals surface area contributed by atoms with Crippen LogP contribution in [-0.4, -0.2) is 18.6 Å². The number of hydrogen-bond acceptors (Lipinski definition) is 3. The van der Waals surface area contributed by atoms with Crippen LogP contribution in [0.25, 0.3) is 0 Å². The lowest BCUT2D eigenvalue weighted by Crippen LogP contribution is -2.51. The third-order valence-electron chi connectivity index (χ3n) is 4.02. The first kappa shape index (κ1) is 12.9. The number of rotatable bonds is 4. The molecule has 1 N–H and O–H groups in total. The molecule has 1 aliphatic carbocycles. The fourth-order valence-corrected chi connectivity index (χ4v) is 2.19. The Morgan fingerprint density at radius 2 is 2.17 bits per heavy atom. The molecule has 0 saturated heterocycles. The average molecular weight is 251 g/mol. The van der Waals surface area contributed by atoms with Crippen LogP contribution in [0.3, 0.4) is 0 Å². The Hall–Kier alpha value is -1.58. The number of ether oxygens (including phenoxy) is 1. The Morgan fingerprint density at radius 1 is 1.50 bits per heavy atom. The highest BCUT2D eigenvalue weighted by atomic mass is 19.1. The monoisotopic (exact) mass is 251 g/mol. The van der Waals surface area contributed by atoms with Crippen LogP contribution in [0.15, 0.2) is 24.3 Å². The molecule has 1 saturated carbocycles. The van der Waals surface area contributed by atoms with Gasteiger partial charge in [0.05, 0.1) is 7.11 Å². The maximum atomic E-state index is 13.2. The van der Waals surface area contributed by atoms with Gasteiger partial charge in [0.1, 0.15) is 11.4 Å². The second-order valence-electron chi connectivity index (χ2n) is 5.31. The number of carbonyl (C=O) groups is 1. The summed E-state index contributed by atoms with van der Waals surface area (Å²) in [6, 6.07) is 6.12. The first-order chi connectivity index (χ1) is 8.41.